The van der Waals surface area contributed by atoms with Crippen molar-refractivity contribution in [2.45, 2.75) is 58.0 Å². The lowest BCUT2D eigenvalue weighted by molar-refractivity contribution is -0.162. The summed E-state index contributed by atoms with van der Waals surface area (Å²) in [5, 5.41) is 2.73. The SMILES string of the molecule is CC(=O)OC1C(=O)NC1C#CCO[Si](C)(C)C(C)(C)C. The summed E-state index contributed by atoms with van der Waals surface area (Å²) in [4.78, 5) is 22.1. The second-order valence-corrected chi connectivity index (χ2v) is 11.2. The predicted molar refractivity (Wildman–Crippen MR) is 78.4 cm³/mol. The quantitative estimate of drug-likeness (QED) is 0.370. The van der Waals surface area contributed by atoms with Crippen molar-refractivity contribution in [3.8, 4) is 11.8 Å². The molecule has 0 aliphatic carbocycles. The first-order valence-corrected chi connectivity index (χ1v) is 9.55. The Kier molecular flexibility index (Phi) is 5.00. The molecule has 1 aliphatic heterocycles. The highest BCUT2D eigenvalue weighted by atomic mass is 28.4. The number of carbonyl (C=O) groups is 2. The van der Waals surface area contributed by atoms with E-state index in [-0.39, 0.29) is 10.9 Å². The summed E-state index contributed by atoms with van der Waals surface area (Å²) in [7, 11) is -1.80. The highest BCUT2D eigenvalue weighted by Gasteiger charge is 2.41. The summed E-state index contributed by atoms with van der Waals surface area (Å²) >= 11 is 0. The average Bonchev–Trinajstić information content (AvgIpc) is 2.28. The number of esters is 1. The van der Waals surface area contributed by atoms with Gasteiger partial charge in [-0.3, -0.25) is 9.59 Å². The second kappa shape index (κ2) is 5.98. The molecule has 112 valence electrons. The van der Waals surface area contributed by atoms with Gasteiger partial charge in [-0.05, 0) is 18.1 Å². The molecule has 0 radical (unpaired) electrons. The van der Waals surface area contributed by atoms with E-state index in [9.17, 15) is 9.59 Å². The number of carbonyl (C=O) groups excluding carboxylic acids is 2. The van der Waals surface area contributed by atoms with Gasteiger partial charge in [-0.1, -0.05) is 32.6 Å². The van der Waals surface area contributed by atoms with Crippen molar-refractivity contribution in [2.24, 2.45) is 0 Å². The molecule has 0 saturated carbocycles. The van der Waals surface area contributed by atoms with Crippen LogP contribution in [0.25, 0.3) is 0 Å². The number of hydrogen-bond acceptors (Lipinski definition) is 4. The molecule has 0 spiro atoms. The highest BCUT2D eigenvalue weighted by molar-refractivity contribution is 6.74. The highest BCUT2D eigenvalue weighted by Crippen LogP contribution is 2.36. The largest absolute Gasteiger partial charge is 0.449 e. The molecular weight excluding hydrogens is 274 g/mol. The Hall–Kier alpha value is -1.32. The zero-order valence-corrected chi connectivity index (χ0v) is 14.0. The molecule has 6 heteroatoms. The van der Waals surface area contributed by atoms with Crippen LogP contribution >= 0.6 is 0 Å². The van der Waals surface area contributed by atoms with Crippen molar-refractivity contribution < 1.29 is 18.8 Å². The predicted octanol–water partition coefficient (Wildman–Crippen LogP) is 1.44. The van der Waals surface area contributed by atoms with Crippen LogP contribution in [0.15, 0.2) is 0 Å². The molecule has 1 N–H and O–H groups in total. The first-order chi connectivity index (χ1) is 9.04. The van der Waals surface area contributed by atoms with E-state index < -0.39 is 26.4 Å². The van der Waals surface area contributed by atoms with Crippen LogP contribution in [-0.2, 0) is 18.8 Å². The lowest BCUT2D eigenvalue weighted by atomic mass is 10.0. The van der Waals surface area contributed by atoms with Gasteiger partial charge in [0.25, 0.3) is 5.91 Å². The van der Waals surface area contributed by atoms with Crippen LogP contribution in [0, 0.1) is 11.8 Å². The van der Waals surface area contributed by atoms with E-state index in [2.05, 4.69) is 51.0 Å². The minimum atomic E-state index is -1.80. The van der Waals surface area contributed by atoms with Crippen LogP contribution in [0.5, 0.6) is 0 Å². The fraction of sp³-hybridized carbons (Fsp3) is 0.714. The third kappa shape index (κ3) is 4.08. The number of ether oxygens (including phenoxy) is 1. The van der Waals surface area contributed by atoms with Crippen LogP contribution in [-0.4, -0.2) is 38.9 Å². The minimum absolute atomic E-state index is 0.139. The minimum Gasteiger partial charge on any atom is -0.449 e. The zero-order chi connectivity index (χ0) is 15.6. The van der Waals surface area contributed by atoms with Crippen molar-refractivity contribution in [2.75, 3.05) is 6.61 Å². The summed E-state index contributed by atoms with van der Waals surface area (Å²) in [6.07, 6.45) is -0.784. The van der Waals surface area contributed by atoms with Gasteiger partial charge in [0, 0.05) is 6.92 Å². The number of amides is 1. The van der Waals surface area contributed by atoms with Crippen LogP contribution in [0.1, 0.15) is 27.7 Å². The number of hydrogen-bond donors (Lipinski definition) is 1. The van der Waals surface area contributed by atoms with Crippen molar-refractivity contribution in [1.82, 2.24) is 5.32 Å². The fourth-order valence-electron chi connectivity index (χ4n) is 1.36. The van der Waals surface area contributed by atoms with Gasteiger partial charge in [-0.25, -0.2) is 0 Å². The third-order valence-electron chi connectivity index (χ3n) is 3.72. The second-order valence-electron chi connectivity index (χ2n) is 6.39. The molecule has 1 amide bonds. The Labute approximate surface area is 121 Å². The van der Waals surface area contributed by atoms with Gasteiger partial charge in [-0.15, -0.1) is 0 Å². The lowest BCUT2D eigenvalue weighted by Crippen LogP contribution is -2.63. The van der Waals surface area contributed by atoms with E-state index in [0.717, 1.165) is 0 Å². The van der Waals surface area contributed by atoms with Gasteiger partial charge in [0.15, 0.2) is 8.32 Å². The smallest absolute Gasteiger partial charge is 0.303 e. The molecule has 2 atom stereocenters. The van der Waals surface area contributed by atoms with Crippen LogP contribution in [0.2, 0.25) is 18.1 Å². The summed E-state index contributed by atoms with van der Waals surface area (Å²) in [6, 6.07) is -0.422. The van der Waals surface area contributed by atoms with Crippen molar-refractivity contribution in [1.29, 1.82) is 0 Å². The van der Waals surface area contributed by atoms with Gasteiger partial charge in [-0.2, -0.15) is 0 Å². The van der Waals surface area contributed by atoms with Gasteiger partial charge in [0.1, 0.15) is 6.04 Å². The Bertz CT molecular complexity index is 456. The summed E-state index contributed by atoms with van der Waals surface area (Å²) in [5.74, 6) is 4.98. The molecule has 1 heterocycles. The molecule has 0 aromatic rings. The molecule has 1 fully saturated rings. The maximum atomic E-state index is 11.2. The number of nitrogens with one attached hydrogen (secondary N) is 1. The topological polar surface area (TPSA) is 64.6 Å². The maximum Gasteiger partial charge on any atom is 0.303 e. The van der Waals surface area contributed by atoms with E-state index in [1.54, 1.807) is 0 Å². The Morgan fingerprint density at radius 3 is 2.45 bits per heavy atom. The zero-order valence-electron chi connectivity index (χ0n) is 13.0. The summed E-state index contributed by atoms with van der Waals surface area (Å²) in [5.41, 5.74) is 0. The Morgan fingerprint density at radius 2 is 2.00 bits per heavy atom. The molecule has 2 unspecified atom stereocenters. The summed E-state index contributed by atoms with van der Waals surface area (Å²) < 4.78 is 10.8. The number of rotatable bonds is 3. The first-order valence-electron chi connectivity index (χ1n) is 6.64. The Balaban J connectivity index is 2.48. The fourth-order valence-corrected chi connectivity index (χ4v) is 2.23. The molecule has 1 rings (SSSR count). The van der Waals surface area contributed by atoms with E-state index in [1.165, 1.54) is 6.92 Å². The number of β-lactam (4-membered cyclic amide) rings is 1. The van der Waals surface area contributed by atoms with Gasteiger partial charge in [0.05, 0.1) is 6.61 Å². The first kappa shape index (κ1) is 16.7. The summed E-state index contributed by atoms with van der Waals surface area (Å²) in [6.45, 7) is 12.4. The lowest BCUT2D eigenvalue weighted by Gasteiger charge is -2.35. The average molecular weight is 297 g/mol. The molecule has 20 heavy (non-hydrogen) atoms. The van der Waals surface area contributed by atoms with Crippen LogP contribution in [0.4, 0.5) is 0 Å². The normalized spacial score (nSPS) is 22.2. The molecule has 0 bridgehead atoms. The van der Waals surface area contributed by atoms with Gasteiger partial charge in [0.2, 0.25) is 6.10 Å². The molecule has 5 nitrogen and oxygen atoms in total. The standard InChI is InChI=1S/C14H23NO4Si/c1-10(16)19-12-11(15-13(12)17)8-7-9-18-20(5,6)14(2,3)4/h11-12H,9H2,1-6H3,(H,15,17). The van der Waals surface area contributed by atoms with Gasteiger partial charge < -0.3 is 14.5 Å². The third-order valence-corrected chi connectivity index (χ3v) is 8.20. The molecule has 0 aromatic heterocycles. The van der Waals surface area contributed by atoms with E-state index in [4.69, 9.17) is 9.16 Å². The molecular formula is C14H23NO4Si. The molecule has 0 aromatic carbocycles. The van der Waals surface area contributed by atoms with Crippen molar-refractivity contribution in [3.05, 3.63) is 0 Å². The maximum absolute atomic E-state index is 11.2. The molecule has 1 saturated heterocycles. The van der Waals surface area contributed by atoms with E-state index >= 15 is 0 Å². The monoisotopic (exact) mass is 297 g/mol. The van der Waals surface area contributed by atoms with Crippen LogP contribution < -0.4 is 5.32 Å². The molecule has 1 aliphatic rings. The van der Waals surface area contributed by atoms with E-state index in [1.807, 2.05) is 0 Å². The van der Waals surface area contributed by atoms with Gasteiger partial charge >= 0.3 is 5.97 Å². The Morgan fingerprint density at radius 1 is 1.40 bits per heavy atom. The van der Waals surface area contributed by atoms with Crippen molar-refractivity contribution >= 4 is 20.2 Å². The van der Waals surface area contributed by atoms with E-state index in [0.29, 0.717) is 6.61 Å². The van der Waals surface area contributed by atoms with Crippen LogP contribution in [0.3, 0.4) is 0 Å². The van der Waals surface area contributed by atoms with Crippen molar-refractivity contribution in [3.63, 3.8) is 0 Å².